The van der Waals surface area contributed by atoms with E-state index in [1.54, 1.807) is 15.6 Å². The van der Waals surface area contributed by atoms with Crippen LogP contribution in [0.2, 0.25) is 72.5 Å². The first-order chi connectivity index (χ1) is 39.3. The molecule has 0 unspecified atom stereocenters. The van der Waals surface area contributed by atoms with E-state index in [-0.39, 0.29) is 26.9 Å². The van der Waals surface area contributed by atoms with Crippen LogP contribution in [0.5, 0.6) is 0 Å². The Bertz CT molecular complexity index is 4730. The maximum atomic E-state index is 2.90. The molecule has 0 radical (unpaired) electrons. The van der Waals surface area contributed by atoms with E-state index in [1.807, 2.05) is 0 Å². The molecule has 2 nitrogen and oxygen atoms in total. The minimum atomic E-state index is -2.19. The molecule has 3 aliphatic heterocycles. The van der Waals surface area contributed by atoms with E-state index in [0.29, 0.717) is 0 Å². The molecule has 0 fully saturated rings. The molecule has 422 valence electrons. The third-order valence-corrected chi connectivity index (χ3v) is 46.7. The number of aromatic nitrogens is 2. The molecular weight excluding hydrogens is 1080 g/mol. The first-order valence-electron chi connectivity index (χ1n) is 31.5. The number of hydrogen-bond donors (Lipinski definition) is 0. The molecule has 4 aliphatic rings. The Hall–Kier alpha value is -6.23. The third kappa shape index (κ3) is 6.58. The monoisotopic (exact) mass is 1160 g/mol. The van der Waals surface area contributed by atoms with Crippen LogP contribution in [0.1, 0.15) is 105 Å². The van der Waals surface area contributed by atoms with Gasteiger partial charge in [-0.15, -0.1) is 0 Å². The van der Waals surface area contributed by atoms with Crippen molar-refractivity contribution in [1.82, 2.24) is 9.13 Å². The smallest absolute Gasteiger partial charge is 0.252 e. The topological polar surface area (TPSA) is 9.86 Å². The zero-order valence-electron chi connectivity index (χ0n) is 53.9. The first kappa shape index (κ1) is 54.4. The summed E-state index contributed by atoms with van der Waals surface area (Å²) in [7, 11) is -8.54. The summed E-state index contributed by atoms with van der Waals surface area (Å²) in [6, 6.07) is 62.7. The summed E-state index contributed by atoms with van der Waals surface area (Å²) in [4.78, 5) is 0. The zero-order chi connectivity index (χ0) is 59.5. The van der Waals surface area contributed by atoms with Crippen molar-refractivity contribution >= 4 is 131 Å². The minimum absolute atomic E-state index is 0.0399. The Labute approximate surface area is 504 Å². The summed E-state index contributed by atoms with van der Waals surface area (Å²) in [6.45, 7) is 51.3. The van der Waals surface area contributed by atoms with Crippen LogP contribution < -0.4 is 37.1 Å². The molecule has 15 rings (SSSR count). The van der Waals surface area contributed by atoms with Crippen molar-refractivity contribution in [3.05, 3.63) is 174 Å². The Kier molecular flexibility index (Phi) is 10.8. The SMILES string of the molecule is CC(C)(C)[Si](C)(C)c1ccc2c(c1)c1cc([Si](C)(C)C(C)(C)C)cc3c1n2-c1c(-c2cccc4ccccc24)cc2c4c1B3c1cc([Si](C)(C)C(C)(C)C)cc3c5cc([Si](C)(C)C(C)(C)C)cc(c5n-4c13)C21c2ccccc2-c2ccccc21. The van der Waals surface area contributed by atoms with Gasteiger partial charge in [0, 0.05) is 43.8 Å². The van der Waals surface area contributed by atoms with E-state index in [2.05, 4.69) is 296 Å². The van der Waals surface area contributed by atoms with E-state index in [4.69, 9.17) is 0 Å². The van der Waals surface area contributed by atoms with Crippen molar-refractivity contribution in [1.29, 1.82) is 0 Å². The summed E-state index contributed by atoms with van der Waals surface area (Å²) in [5.74, 6) is 0. The number of rotatable bonds is 5. The summed E-state index contributed by atoms with van der Waals surface area (Å²) in [6.07, 6.45) is 0. The fraction of sp³-hybridized carbons (Fsp3) is 0.325. The summed E-state index contributed by atoms with van der Waals surface area (Å²) < 4.78 is 5.74. The van der Waals surface area contributed by atoms with Crippen molar-refractivity contribution in [3.63, 3.8) is 0 Å². The van der Waals surface area contributed by atoms with Gasteiger partial charge in [0.1, 0.15) is 0 Å². The zero-order valence-corrected chi connectivity index (χ0v) is 57.9. The molecule has 1 spiro atoms. The Morgan fingerprint density at radius 3 is 1.33 bits per heavy atom. The second-order valence-corrected chi connectivity index (χ2v) is 53.9. The third-order valence-electron chi connectivity index (χ3n) is 24.8. The molecule has 11 aromatic rings. The molecule has 0 N–H and O–H groups in total. The van der Waals surface area contributed by atoms with Gasteiger partial charge in [0.2, 0.25) is 0 Å². The van der Waals surface area contributed by atoms with Crippen LogP contribution in [0.25, 0.3) is 88.0 Å². The van der Waals surface area contributed by atoms with Gasteiger partial charge < -0.3 is 9.13 Å². The van der Waals surface area contributed by atoms with Gasteiger partial charge >= 0.3 is 0 Å². The lowest BCUT2D eigenvalue weighted by Gasteiger charge is -2.46. The fourth-order valence-electron chi connectivity index (χ4n) is 15.7. The second kappa shape index (κ2) is 16.6. The highest BCUT2D eigenvalue weighted by molar-refractivity contribution is 7.02. The van der Waals surface area contributed by atoms with Gasteiger partial charge in [-0.2, -0.15) is 0 Å². The lowest BCUT2D eigenvalue weighted by Crippen LogP contribution is -2.63. The molecule has 7 heteroatoms. The molecule has 0 atom stereocenters. The molecular formula is C77H85BN2Si4. The average molecular weight is 1160 g/mol. The Morgan fingerprint density at radius 1 is 0.333 bits per heavy atom. The number of benzene rings is 9. The van der Waals surface area contributed by atoms with Crippen LogP contribution >= 0.6 is 0 Å². The highest BCUT2D eigenvalue weighted by Crippen LogP contribution is 2.63. The standard InChI is InChI=1S/C77H85BN2Si4/c1-73(2,3)81(13,14)47-36-37-66-55(38-47)56-40-49(83(17,18)75(7,8)9)43-64-69(56)79(66)71-59(52-33-27-29-46-28-21-22-30-51(46)52)45-63-72-67(71)78(64)65-44-50(84(19,20)76(10,11)12)41-58-57-39-48(82(15,16)74(4,5)6)42-62(68(57)80(72)70(58)65)77(63)60-34-25-23-31-53(60)54-32-24-26-35-61(54)77/h21-45H,1-20H3. The van der Waals surface area contributed by atoms with E-state index in [9.17, 15) is 0 Å². The molecule has 2 aromatic heterocycles. The normalized spacial score (nSPS) is 15.5. The second-order valence-electron chi connectivity index (χ2n) is 32.6. The van der Waals surface area contributed by atoms with Crippen molar-refractivity contribution in [3.8, 4) is 33.6 Å². The van der Waals surface area contributed by atoms with Crippen molar-refractivity contribution < 1.29 is 0 Å². The fourth-order valence-corrected chi connectivity index (χ4v) is 23.2. The van der Waals surface area contributed by atoms with E-state index in [0.717, 1.165) is 0 Å². The maximum absolute atomic E-state index is 2.90. The number of fused-ring (bicyclic) bond motifs is 15. The lowest BCUT2D eigenvalue weighted by molar-refractivity contribution is 0.728. The van der Waals surface area contributed by atoms with E-state index >= 15 is 0 Å². The minimum Gasteiger partial charge on any atom is -0.310 e. The van der Waals surface area contributed by atoms with Crippen molar-refractivity contribution in [2.24, 2.45) is 0 Å². The van der Waals surface area contributed by atoms with Gasteiger partial charge in [-0.1, -0.05) is 296 Å². The number of hydrogen-bond acceptors (Lipinski definition) is 0. The van der Waals surface area contributed by atoms with Crippen molar-refractivity contribution in [2.45, 2.75) is 161 Å². The van der Waals surface area contributed by atoms with Crippen LogP contribution in [0.15, 0.2) is 152 Å². The molecule has 9 aromatic carbocycles. The summed E-state index contributed by atoms with van der Waals surface area (Å²) >= 11 is 0. The predicted octanol–water partition coefficient (Wildman–Crippen LogP) is 17.4. The predicted molar refractivity (Wildman–Crippen MR) is 381 cm³/mol. The molecule has 1 aliphatic carbocycles. The van der Waals surface area contributed by atoms with Gasteiger partial charge in [-0.25, -0.2) is 0 Å². The van der Waals surface area contributed by atoms with Crippen LogP contribution in [0.4, 0.5) is 0 Å². The maximum Gasteiger partial charge on any atom is 0.252 e. The molecule has 0 amide bonds. The van der Waals surface area contributed by atoms with E-state index in [1.165, 1.54) is 132 Å². The van der Waals surface area contributed by atoms with Crippen LogP contribution in [0, 0.1) is 0 Å². The van der Waals surface area contributed by atoms with E-state index < -0.39 is 37.7 Å². The van der Waals surface area contributed by atoms with Crippen LogP contribution in [0.3, 0.4) is 0 Å². The largest absolute Gasteiger partial charge is 0.310 e. The highest BCUT2D eigenvalue weighted by atomic mass is 28.3. The van der Waals surface area contributed by atoms with Gasteiger partial charge in [0.05, 0.1) is 54.4 Å². The van der Waals surface area contributed by atoms with Gasteiger partial charge in [-0.05, 0) is 98.4 Å². The van der Waals surface area contributed by atoms with Crippen LogP contribution in [-0.2, 0) is 5.41 Å². The molecule has 84 heavy (non-hydrogen) atoms. The van der Waals surface area contributed by atoms with Gasteiger partial charge in [-0.3, -0.25) is 0 Å². The molecule has 0 bridgehead atoms. The molecule has 0 saturated heterocycles. The quantitative estimate of drug-likeness (QED) is 0.152. The van der Waals surface area contributed by atoms with Crippen LogP contribution in [-0.4, -0.2) is 48.1 Å². The summed E-state index contributed by atoms with van der Waals surface area (Å²) in [5.41, 5.74) is 23.2. The van der Waals surface area contributed by atoms with Gasteiger partial charge in [0.15, 0.2) is 0 Å². The van der Waals surface area contributed by atoms with Gasteiger partial charge in [0.25, 0.3) is 6.71 Å². The first-order valence-corrected chi connectivity index (χ1v) is 43.5. The number of nitrogens with zero attached hydrogens (tertiary/aromatic N) is 2. The average Bonchev–Trinajstić information content (AvgIpc) is 1.38. The molecule has 5 heterocycles. The Morgan fingerprint density at radius 2 is 0.774 bits per heavy atom. The lowest BCUT2D eigenvalue weighted by atomic mass is 9.33. The van der Waals surface area contributed by atoms with Crippen molar-refractivity contribution in [2.75, 3.05) is 0 Å². The molecule has 0 saturated carbocycles. The summed E-state index contributed by atoms with van der Waals surface area (Å²) in [5, 5.41) is 15.0. The highest BCUT2D eigenvalue weighted by Gasteiger charge is 2.56. The Balaban J connectivity index is 1.26.